The molecule has 0 N–H and O–H groups in total. The fraction of sp³-hybridized carbons (Fsp3) is 0.240. The van der Waals surface area contributed by atoms with Gasteiger partial charge >= 0.3 is 0 Å². The van der Waals surface area contributed by atoms with Gasteiger partial charge in [0, 0.05) is 16.7 Å². The average molecular weight is 388 g/mol. The molecule has 0 aromatic heterocycles. The summed E-state index contributed by atoms with van der Waals surface area (Å²) in [5.41, 5.74) is 3.66. The van der Waals surface area contributed by atoms with Crippen molar-refractivity contribution >= 4 is 23.3 Å². The lowest BCUT2D eigenvalue weighted by atomic mass is 9.79. The largest absolute Gasteiger partial charge is 0.459 e. The molecule has 142 valence electrons. The molecular formula is C25H25NOS. The van der Waals surface area contributed by atoms with Gasteiger partial charge in [-0.3, -0.25) is 0 Å². The van der Waals surface area contributed by atoms with E-state index in [2.05, 4.69) is 79.7 Å². The molecule has 3 heteroatoms. The lowest BCUT2D eigenvalue weighted by Crippen LogP contribution is -2.38. The summed E-state index contributed by atoms with van der Waals surface area (Å²) in [6.45, 7) is 2.22. The summed E-state index contributed by atoms with van der Waals surface area (Å²) in [6.07, 6.45) is 2.43. The molecule has 0 atom stereocenters. The fourth-order valence-electron chi connectivity index (χ4n) is 3.67. The zero-order valence-electron chi connectivity index (χ0n) is 16.2. The minimum absolute atomic E-state index is 0.679. The highest BCUT2D eigenvalue weighted by molar-refractivity contribution is 7.99. The molecule has 0 saturated carbocycles. The van der Waals surface area contributed by atoms with Crippen LogP contribution in [0.15, 0.2) is 89.9 Å². The number of aliphatic imine (C=N–C) groups is 1. The van der Waals surface area contributed by atoms with Crippen LogP contribution in [0.2, 0.25) is 0 Å². The molecule has 0 bridgehead atoms. The van der Waals surface area contributed by atoms with Crippen molar-refractivity contribution in [2.75, 3.05) is 11.5 Å². The number of unbranched alkanes of at least 4 members (excludes halogenated alkanes) is 1. The van der Waals surface area contributed by atoms with Crippen LogP contribution in [-0.4, -0.2) is 17.4 Å². The van der Waals surface area contributed by atoms with Crippen LogP contribution in [0.1, 0.15) is 36.5 Å². The molecule has 4 rings (SSSR count). The van der Waals surface area contributed by atoms with E-state index in [1.165, 1.54) is 12.8 Å². The van der Waals surface area contributed by atoms with Gasteiger partial charge in [-0.1, -0.05) is 92.2 Å². The highest BCUT2D eigenvalue weighted by atomic mass is 32.2. The third kappa shape index (κ3) is 3.59. The number of nitrogens with zero attached hydrogens (tertiary/aromatic N) is 1. The van der Waals surface area contributed by atoms with Crippen LogP contribution in [0.25, 0.3) is 0 Å². The van der Waals surface area contributed by atoms with Crippen LogP contribution in [0.4, 0.5) is 5.69 Å². The molecule has 0 radical (unpaired) electrons. The van der Waals surface area contributed by atoms with Crippen molar-refractivity contribution in [1.29, 1.82) is 0 Å². The van der Waals surface area contributed by atoms with Gasteiger partial charge in [-0.2, -0.15) is 11.8 Å². The van der Waals surface area contributed by atoms with Crippen LogP contribution < -0.4 is 0 Å². The molecule has 3 aromatic rings. The molecule has 0 unspecified atom stereocenters. The molecule has 1 aliphatic rings. The van der Waals surface area contributed by atoms with Crippen molar-refractivity contribution in [3.05, 3.63) is 102 Å². The Morgan fingerprint density at radius 3 is 2.07 bits per heavy atom. The smallest absolute Gasteiger partial charge is 0.200 e. The highest BCUT2D eigenvalue weighted by Crippen LogP contribution is 2.47. The first-order valence-corrected chi connectivity index (χ1v) is 11.0. The molecule has 3 aromatic carbocycles. The third-order valence-corrected chi connectivity index (χ3v) is 6.06. The van der Waals surface area contributed by atoms with Crippen molar-refractivity contribution in [3.63, 3.8) is 0 Å². The number of fused-ring (bicyclic) bond motifs is 1. The van der Waals surface area contributed by atoms with Crippen molar-refractivity contribution in [3.8, 4) is 0 Å². The fourth-order valence-corrected chi connectivity index (χ4v) is 4.60. The van der Waals surface area contributed by atoms with E-state index < -0.39 is 5.60 Å². The molecule has 0 amide bonds. The van der Waals surface area contributed by atoms with Crippen molar-refractivity contribution in [1.82, 2.24) is 0 Å². The van der Waals surface area contributed by atoms with Crippen molar-refractivity contribution < 1.29 is 4.74 Å². The summed E-state index contributed by atoms with van der Waals surface area (Å²) in [6, 6.07) is 29.4. The van der Waals surface area contributed by atoms with E-state index in [-0.39, 0.29) is 0 Å². The van der Waals surface area contributed by atoms with Gasteiger partial charge in [-0.25, -0.2) is 4.99 Å². The predicted molar refractivity (Wildman–Crippen MR) is 120 cm³/mol. The molecule has 1 aliphatic heterocycles. The van der Waals surface area contributed by atoms with E-state index in [1.807, 2.05) is 23.9 Å². The molecule has 2 nitrogen and oxygen atoms in total. The minimum atomic E-state index is -0.679. The van der Waals surface area contributed by atoms with E-state index in [1.54, 1.807) is 0 Å². The Morgan fingerprint density at radius 2 is 1.43 bits per heavy atom. The Balaban J connectivity index is 1.84. The van der Waals surface area contributed by atoms with Crippen LogP contribution >= 0.6 is 11.8 Å². The highest BCUT2D eigenvalue weighted by Gasteiger charge is 2.43. The lowest BCUT2D eigenvalue weighted by Gasteiger charge is -2.39. The van der Waals surface area contributed by atoms with Gasteiger partial charge in [0.15, 0.2) is 5.60 Å². The van der Waals surface area contributed by atoms with Crippen LogP contribution in [-0.2, 0) is 10.3 Å². The van der Waals surface area contributed by atoms with Gasteiger partial charge in [0.05, 0.1) is 11.4 Å². The second-order valence-electron chi connectivity index (χ2n) is 6.94. The number of benzene rings is 3. The number of thioether (sulfide) groups is 1. The summed E-state index contributed by atoms with van der Waals surface area (Å²) in [5, 5.41) is 0. The Kier molecular flexibility index (Phi) is 5.82. The number of hydrogen-bond acceptors (Lipinski definition) is 3. The summed E-state index contributed by atoms with van der Waals surface area (Å²) in [5.74, 6) is 2.72. The lowest BCUT2D eigenvalue weighted by molar-refractivity contribution is 0.135. The van der Waals surface area contributed by atoms with Gasteiger partial charge in [-0.05, 0) is 18.2 Å². The van der Waals surface area contributed by atoms with Gasteiger partial charge in [0.25, 0.3) is 0 Å². The summed E-state index contributed by atoms with van der Waals surface area (Å²) < 4.78 is 6.78. The van der Waals surface area contributed by atoms with E-state index in [0.717, 1.165) is 39.8 Å². The van der Waals surface area contributed by atoms with Gasteiger partial charge in [0.2, 0.25) is 5.90 Å². The average Bonchev–Trinajstić information content (AvgIpc) is 2.77. The van der Waals surface area contributed by atoms with Crippen molar-refractivity contribution in [2.24, 2.45) is 4.99 Å². The zero-order valence-corrected chi connectivity index (χ0v) is 17.0. The van der Waals surface area contributed by atoms with Gasteiger partial charge in [0.1, 0.15) is 0 Å². The molecule has 0 fully saturated rings. The normalized spacial score (nSPS) is 14.7. The third-order valence-electron chi connectivity index (χ3n) is 5.03. The quantitative estimate of drug-likeness (QED) is 0.428. The molecule has 0 saturated heterocycles. The Hall–Kier alpha value is -2.52. The maximum absolute atomic E-state index is 6.78. The summed E-state index contributed by atoms with van der Waals surface area (Å²) in [7, 11) is 0. The first-order chi connectivity index (χ1) is 13.8. The molecule has 0 aliphatic carbocycles. The summed E-state index contributed by atoms with van der Waals surface area (Å²) in [4.78, 5) is 4.86. The van der Waals surface area contributed by atoms with Crippen LogP contribution in [0.3, 0.4) is 0 Å². The number of rotatable bonds is 7. The SMILES string of the molecule is CCCCSCC1=Nc2ccccc2C(c2ccccc2)(c2ccccc2)O1. The molecular weight excluding hydrogens is 362 g/mol. The van der Waals surface area contributed by atoms with E-state index >= 15 is 0 Å². The maximum Gasteiger partial charge on any atom is 0.200 e. The molecule has 0 spiro atoms. The van der Waals surface area contributed by atoms with Gasteiger partial charge in [-0.15, -0.1) is 0 Å². The van der Waals surface area contributed by atoms with Crippen LogP contribution in [0.5, 0.6) is 0 Å². The standard InChI is InChI=1S/C25H25NOS/c1-2-3-18-28-19-24-26-23-17-11-10-16-22(23)25(27-24,20-12-6-4-7-13-20)21-14-8-5-9-15-21/h4-17H,2-3,18-19H2,1H3. The topological polar surface area (TPSA) is 21.6 Å². The zero-order chi connectivity index (χ0) is 19.2. The van der Waals surface area contributed by atoms with E-state index in [9.17, 15) is 0 Å². The Labute approximate surface area is 171 Å². The van der Waals surface area contributed by atoms with E-state index in [0.29, 0.717) is 0 Å². The number of hydrogen-bond donors (Lipinski definition) is 0. The second kappa shape index (κ2) is 8.66. The number of para-hydroxylation sites is 1. The van der Waals surface area contributed by atoms with Gasteiger partial charge < -0.3 is 4.74 Å². The van der Waals surface area contributed by atoms with Crippen molar-refractivity contribution in [2.45, 2.75) is 25.4 Å². The Bertz CT molecular complexity index is 898. The van der Waals surface area contributed by atoms with E-state index in [4.69, 9.17) is 9.73 Å². The summed E-state index contributed by atoms with van der Waals surface area (Å²) >= 11 is 1.89. The minimum Gasteiger partial charge on any atom is -0.459 e. The predicted octanol–water partition coefficient (Wildman–Crippen LogP) is 6.57. The monoisotopic (exact) mass is 387 g/mol. The Morgan fingerprint density at radius 1 is 0.821 bits per heavy atom. The second-order valence-corrected chi connectivity index (χ2v) is 8.05. The van der Waals surface area contributed by atoms with Crippen LogP contribution in [0, 0.1) is 0 Å². The number of ether oxygens (including phenoxy) is 1. The molecule has 1 heterocycles. The first kappa shape index (κ1) is 18.8. The first-order valence-electron chi connectivity index (χ1n) is 9.89. The maximum atomic E-state index is 6.78. The molecule has 28 heavy (non-hydrogen) atoms.